The van der Waals surface area contributed by atoms with Gasteiger partial charge in [0.05, 0.1) is 5.71 Å². The van der Waals surface area contributed by atoms with Crippen LogP contribution in [-0.2, 0) is 25.6 Å². The molecule has 7 atom stereocenters. The number of Topliss-reactive ketones (excluding diaryl/α,β-unsaturated/α-hetero) is 1. The first-order valence-corrected chi connectivity index (χ1v) is 14.6. The minimum atomic E-state index is -1.08. The highest BCUT2D eigenvalue weighted by Crippen LogP contribution is 2.66. The van der Waals surface area contributed by atoms with E-state index in [2.05, 4.69) is 30.4 Å². The van der Waals surface area contributed by atoms with Gasteiger partial charge in [-0.05, 0) is 98.5 Å². The number of amides is 1. The van der Waals surface area contributed by atoms with Crippen molar-refractivity contribution >= 4 is 23.4 Å². The smallest absolute Gasteiger partial charge is 0.326 e. The van der Waals surface area contributed by atoms with Gasteiger partial charge in [0.2, 0.25) is 0 Å². The molecule has 1 aromatic rings. The first-order chi connectivity index (χ1) is 18.6. The van der Waals surface area contributed by atoms with Crippen LogP contribution >= 0.6 is 0 Å². The molecule has 2 N–H and O–H groups in total. The number of oxime groups is 1. The number of benzene rings is 1. The highest BCUT2D eigenvalue weighted by molar-refractivity contribution is 5.96. The highest BCUT2D eigenvalue weighted by atomic mass is 16.6. The number of hydrogen-bond acceptors (Lipinski definition) is 5. The predicted octanol–water partition coefficient (Wildman–Crippen LogP) is 5.34. The van der Waals surface area contributed by atoms with Crippen LogP contribution in [-0.4, -0.2) is 41.1 Å². The van der Waals surface area contributed by atoms with E-state index in [9.17, 15) is 19.5 Å². The molecular formula is C32H42N2O5. The predicted molar refractivity (Wildman–Crippen MR) is 149 cm³/mol. The Morgan fingerprint density at radius 1 is 1.05 bits per heavy atom. The molecule has 1 amide bonds. The zero-order chi connectivity index (χ0) is 27.8. The molecule has 210 valence electrons. The third-order valence-electron chi connectivity index (χ3n) is 10.8. The van der Waals surface area contributed by atoms with Crippen LogP contribution < -0.4 is 5.32 Å². The summed E-state index contributed by atoms with van der Waals surface area (Å²) in [5.74, 6) is 1.01. The Morgan fingerprint density at radius 2 is 1.82 bits per heavy atom. The molecule has 1 aromatic carbocycles. The molecule has 0 heterocycles. The van der Waals surface area contributed by atoms with E-state index in [-0.39, 0.29) is 29.8 Å². The van der Waals surface area contributed by atoms with Crippen LogP contribution in [0.4, 0.5) is 0 Å². The van der Waals surface area contributed by atoms with Crippen molar-refractivity contribution in [3.05, 3.63) is 47.5 Å². The van der Waals surface area contributed by atoms with Gasteiger partial charge in [-0.25, -0.2) is 4.79 Å². The van der Waals surface area contributed by atoms with Crippen LogP contribution in [0.2, 0.25) is 0 Å². The van der Waals surface area contributed by atoms with Crippen LogP contribution in [0.5, 0.6) is 0 Å². The fourth-order valence-electron chi connectivity index (χ4n) is 8.77. The molecule has 0 aromatic heterocycles. The molecule has 0 spiro atoms. The summed E-state index contributed by atoms with van der Waals surface area (Å²) in [5.41, 5.74) is 3.46. The van der Waals surface area contributed by atoms with E-state index in [1.54, 1.807) is 6.92 Å². The van der Waals surface area contributed by atoms with Crippen molar-refractivity contribution < 1.29 is 24.3 Å². The quantitative estimate of drug-likeness (QED) is 0.438. The van der Waals surface area contributed by atoms with Crippen LogP contribution in [0.15, 0.2) is 47.1 Å². The number of ketones is 1. The third-order valence-corrected chi connectivity index (χ3v) is 10.8. The van der Waals surface area contributed by atoms with Gasteiger partial charge in [0, 0.05) is 12.3 Å². The monoisotopic (exact) mass is 534 g/mol. The van der Waals surface area contributed by atoms with Crippen molar-refractivity contribution in [3.8, 4) is 0 Å². The first-order valence-electron chi connectivity index (χ1n) is 14.6. The summed E-state index contributed by atoms with van der Waals surface area (Å²) in [5, 5.41) is 16.3. The molecule has 3 fully saturated rings. The van der Waals surface area contributed by atoms with Gasteiger partial charge in [0.25, 0.3) is 5.91 Å². The zero-order valence-corrected chi connectivity index (χ0v) is 23.4. The van der Waals surface area contributed by atoms with E-state index >= 15 is 0 Å². The Hall–Kier alpha value is -2.96. The first kappa shape index (κ1) is 27.6. The van der Waals surface area contributed by atoms with Crippen molar-refractivity contribution in [1.82, 2.24) is 5.32 Å². The largest absolute Gasteiger partial charge is 0.480 e. The second-order valence-electron chi connectivity index (χ2n) is 12.8. The summed E-state index contributed by atoms with van der Waals surface area (Å²) in [6.07, 6.45) is 11.0. The Labute approximate surface area is 231 Å². The summed E-state index contributed by atoms with van der Waals surface area (Å²) in [4.78, 5) is 41.8. The summed E-state index contributed by atoms with van der Waals surface area (Å²) in [6, 6.07) is 8.21. The average Bonchev–Trinajstić information content (AvgIpc) is 3.26. The van der Waals surface area contributed by atoms with Crippen LogP contribution in [0, 0.1) is 34.5 Å². The number of nitrogens with zero attached hydrogens (tertiary/aromatic N) is 1. The lowest BCUT2D eigenvalue weighted by Gasteiger charge is -2.58. The van der Waals surface area contributed by atoms with Crippen molar-refractivity contribution in [1.29, 1.82) is 0 Å². The van der Waals surface area contributed by atoms with E-state index < -0.39 is 17.9 Å². The van der Waals surface area contributed by atoms with E-state index in [0.717, 1.165) is 43.4 Å². The van der Waals surface area contributed by atoms with Gasteiger partial charge in [-0.1, -0.05) is 54.9 Å². The zero-order valence-electron chi connectivity index (χ0n) is 23.4. The minimum Gasteiger partial charge on any atom is -0.480 e. The maximum absolute atomic E-state index is 12.4. The number of rotatable bonds is 8. The lowest BCUT2D eigenvalue weighted by atomic mass is 9.46. The molecule has 0 aliphatic heterocycles. The number of aliphatic carboxylic acids is 1. The van der Waals surface area contributed by atoms with Gasteiger partial charge in [0.15, 0.2) is 6.61 Å². The van der Waals surface area contributed by atoms with Crippen molar-refractivity contribution in [2.24, 2.45) is 39.7 Å². The Bertz CT molecular complexity index is 1180. The Morgan fingerprint density at radius 3 is 2.54 bits per heavy atom. The summed E-state index contributed by atoms with van der Waals surface area (Å²) >= 11 is 0. The van der Waals surface area contributed by atoms with Gasteiger partial charge in [-0.2, -0.15) is 0 Å². The average molecular weight is 535 g/mol. The van der Waals surface area contributed by atoms with E-state index in [1.807, 2.05) is 30.3 Å². The Kier molecular flexibility index (Phi) is 7.71. The van der Waals surface area contributed by atoms with E-state index in [0.29, 0.717) is 23.5 Å². The van der Waals surface area contributed by atoms with Crippen LogP contribution in [0.25, 0.3) is 0 Å². The second kappa shape index (κ2) is 10.9. The number of nitrogens with one attached hydrogen (secondary N) is 1. The molecule has 4 aliphatic carbocycles. The fourth-order valence-corrected chi connectivity index (χ4v) is 8.77. The fraction of sp³-hybridized carbons (Fsp3) is 0.625. The van der Waals surface area contributed by atoms with Crippen LogP contribution in [0.3, 0.4) is 0 Å². The molecule has 0 saturated heterocycles. The number of carbonyl (C=O) groups excluding carboxylic acids is 2. The molecular weight excluding hydrogens is 492 g/mol. The topological polar surface area (TPSA) is 105 Å². The molecule has 0 bridgehead atoms. The van der Waals surface area contributed by atoms with Gasteiger partial charge < -0.3 is 15.3 Å². The lowest BCUT2D eigenvalue weighted by molar-refractivity contribution is -0.142. The standard InChI is InChI=1S/C32H42N2O5/c1-20(35)25-11-12-26-24-10-9-22-18-23(13-15-31(22,2)27(24)14-16-32(25,26)3)34-39-19-29(36)33-28(30(37)38)17-21-7-5-4-6-8-21/h4-8,18,24-28H,9-17,19H2,1-3H3,(H,33,36)(H,37,38)/b34-23+/t24-,25+,26-,27-,28+,31-,32+/m0/s1. The maximum atomic E-state index is 12.4. The summed E-state index contributed by atoms with van der Waals surface area (Å²) < 4.78 is 0. The van der Waals surface area contributed by atoms with Crippen LogP contribution in [0.1, 0.15) is 77.7 Å². The molecule has 7 heteroatoms. The second-order valence-corrected chi connectivity index (χ2v) is 12.8. The number of carboxylic acids is 1. The number of fused-ring (bicyclic) bond motifs is 5. The van der Waals surface area contributed by atoms with E-state index in [1.165, 1.54) is 24.8 Å². The van der Waals surface area contributed by atoms with Gasteiger partial charge in [-0.3, -0.25) is 9.59 Å². The Balaban J connectivity index is 1.19. The molecule has 3 saturated carbocycles. The summed E-state index contributed by atoms with van der Waals surface area (Å²) in [7, 11) is 0. The normalized spacial score (nSPS) is 35.2. The van der Waals surface area contributed by atoms with Gasteiger partial charge in [0.1, 0.15) is 11.8 Å². The number of allylic oxidation sites excluding steroid dienone is 2. The highest BCUT2D eigenvalue weighted by Gasteiger charge is 2.59. The van der Waals surface area contributed by atoms with Gasteiger partial charge >= 0.3 is 5.97 Å². The summed E-state index contributed by atoms with van der Waals surface area (Å²) in [6.45, 7) is 6.29. The molecule has 39 heavy (non-hydrogen) atoms. The van der Waals surface area contributed by atoms with Gasteiger partial charge in [-0.15, -0.1) is 0 Å². The molecule has 4 aliphatic rings. The number of carbonyl (C=O) groups is 3. The number of carboxylic acid groups (broad SMARTS) is 1. The molecule has 5 rings (SSSR count). The van der Waals surface area contributed by atoms with Crippen molar-refractivity contribution in [3.63, 3.8) is 0 Å². The van der Waals surface area contributed by atoms with Crippen molar-refractivity contribution in [2.75, 3.05) is 6.61 Å². The third kappa shape index (κ3) is 5.29. The lowest BCUT2D eigenvalue weighted by Crippen LogP contribution is -2.51. The van der Waals surface area contributed by atoms with E-state index in [4.69, 9.17) is 4.84 Å². The number of hydrogen-bond donors (Lipinski definition) is 2. The minimum absolute atomic E-state index is 0.154. The molecule has 7 nitrogen and oxygen atoms in total. The maximum Gasteiger partial charge on any atom is 0.326 e. The molecule has 0 radical (unpaired) electrons. The molecule has 0 unspecified atom stereocenters. The van der Waals surface area contributed by atoms with Crippen molar-refractivity contribution in [2.45, 2.75) is 84.6 Å². The SMILES string of the molecule is CC(=O)[C@H]1CC[C@H]2[C@@H]3CCC4=C/C(=N/OCC(=O)N[C@H](Cc5ccccc5)C(=O)O)CC[C@]4(C)[C@H]3CC[C@]12C.